The van der Waals surface area contributed by atoms with Gasteiger partial charge in [-0.05, 0) is 18.4 Å². The van der Waals surface area contributed by atoms with Gasteiger partial charge in [0.05, 0.1) is 0 Å². The van der Waals surface area contributed by atoms with Gasteiger partial charge in [-0.3, -0.25) is 14.8 Å². The Balaban J connectivity index is 0.00000338. The van der Waals surface area contributed by atoms with Gasteiger partial charge in [-0.1, -0.05) is 44.2 Å². The summed E-state index contributed by atoms with van der Waals surface area (Å²) in [7, 11) is 1.84. The van der Waals surface area contributed by atoms with Crippen LogP contribution in [0.3, 0.4) is 0 Å². The monoisotopic (exact) mass is 473 g/mol. The van der Waals surface area contributed by atoms with E-state index in [-0.39, 0.29) is 24.0 Å². The summed E-state index contributed by atoms with van der Waals surface area (Å²) in [4.78, 5) is 9.40. The Labute approximate surface area is 176 Å². The van der Waals surface area contributed by atoms with Crippen molar-refractivity contribution in [2.45, 2.75) is 33.4 Å². The van der Waals surface area contributed by atoms with Crippen molar-refractivity contribution in [3.63, 3.8) is 0 Å². The van der Waals surface area contributed by atoms with Crippen LogP contribution in [-0.2, 0) is 6.54 Å². The lowest BCUT2D eigenvalue weighted by molar-refractivity contribution is 0.129. The number of piperazine rings is 1. The number of benzene rings is 1. The summed E-state index contributed by atoms with van der Waals surface area (Å²) in [5.74, 6) is 1.50. The van der Waals surface area contributed by atoms with Crippen LogP contribution in [0.5, 0.6) is 0 Å². The molecular weight excluding hydrogens is 437 g/mol. The maximum atomic E-state index is 4.32. The van der Waals surface area contributed by atoms with Gasteiger partial charge in [0.2, 0.25) is 0 Å². The zero-order chi connectivity index (χ0) is 18.1. The predicted octanol–water partition coefficient (Wildman–Crippen LogP) is 2.63. The molecule has 0 amide bonds. The van der Waals surface area contributed by atoms with E-state index in [0.717, 1.165) is 51.8 Å². The van der Waals surface area contributed by atoms with Crippen LogP contribution in [0.4, 0.5) is 0 Å². The van der Waals surface area contributed by atoms with E-state index in [4.69, 9.17) is 0 Å². The first-order valence-electron chi connectivity index (χ1n) is 9.54. The average Bonchev–Trinajstić information content (AvgIpc) is 2.63. The molecule has 0 bridgehead atoms. The minimum atomic E-state index is 0. The van der Waals surface area contributed by atoms with Crippen molar-refractivity contribution in [3.8, 4) is 0 Å². The smallest absolute Gasteiger partial charge is 0.191 e. The summed E-state index contributed by atoms with van der Waals surface area (Å²) in [6.45, 7) is 14.3. The molecule has 1 fully saturated rings. The lowest BCUT2D eigenvalue weighted by Gasteiger charge is -2.34. The lowest BCUT2D eigenvalue weighted by Crippen LogP contribution is -2.50. The van der Waals surface area contributed by atoms with Crippen molar-refractivity contribution in [1.29, 1.82) is 0 Å². The van der Waals surface area contributed by atoms with E-state index in [1.807, 2.05) is 7.05 Å². The third-order valence-corrected chi connectivity index (χ3v) is 5.02. The summed E-state index contributed by atoms with van der Waals surface area (Å²) in [5, 5.41) is 6.89. The van der Waals surface area contributed by atoms with Gasteiger partial charge in [-0.25, -0.2) is 0 Å². The highest BCUT2D eigenvalue weighted by atomic mass is 127. The van der Waals surface area contributed by atoms with Crippen LogP contribution in [0.15, 0.2) is 35.3 Å². The SMILES string of the molecule is CN=C(NCCN1CCN(Cc2ccccc2)CC1)NC(C)C(C)C.I. The second-order valence-electron chi connectivity index (χ2n) is 7.28. The van der Waals surface area contributed by atoms with Crippen LogP contribution in [0.25, 0.3) is 0 Å². The van der Waals surface area contributed by atoms with E-state index in [0.29, 0.717) is 12.0 Å². The highest BCUT2D eigenvalue weighted by Gasteiger charge is 2.16. The normalized spacial score (nSPS) is 17.7. The van der Waals surface area contributed by atoms with E-state index >= 15 is 0 Å². The first kappa shape index (κ1) is 23.2. The molecule has 2 rings (SSSR count). The van der Waals surface area contributed by atoms with Crippen LogP contribution in [0.1, 0.15) is 26.3 Å². The minimum absolute atomic E-state index is 0. The van der Waals surface area contributed by atoms with Crippen molar-refractivity contribution in [3.05, 3.63) is 35.9 Å². The molecule has 148 valence electrons. The number of hydrogen-bond donors (Lipinski definition) is 2. The minimum Gasteiger partial charge on any atom is -0.355 e. The standard InChI is InChI=1S/C20H35N5.HI/c1-17(2)18(3)23-20(21-4)22-10-11-24-12-14-25(15-13-24)16-19-8-6-5-7-9-19;/h5-9,17-18H,10-16H2,1-4H3,(H2,21,22,23);1H. The second kappa shape index (κ2) is 12.5. The molecule has 1 heterocycles. The Kier molecular flexibility index (Phi) is 11.2. The van der Waals surface area contributed by atoms with Crippen LogP contribution in [-0.4, -0.2) is 68.1 Å². The number of nitrogens with one attached hydrogen (secondary N) is 2. The Morgan fingerprint density at radius 2 is 1.65 bits per heavy atom. The fraction of sp³-hybridized carbons (Fsp3) is 0.650. The average molecular weight is 473 g/mol. The molecule has 6 heteroatoms. The highest BCUT2D eigenvalue weighted by Crippen LogP contribution is 2.08. The van der Waals surface area contributed by atoms with Gasteiger partial charge < -0.3 is 10.6 Å². The number of guanidine groups is 1. The largest absolute Gasteiger partial charge is 0.355 e. The molecule has 1 unspecified atom stereocenters. The van der Waals surface area contributed by atoms with Crippen molar-refractivity contribution < 1.29 is 0 Å². The number of aliphatic imine (C=N–C) groups is 1. The van der Waals surface area contributed by atoms with E-state index in [1.54, 1.807) is 0 Å². The molecule has 0 radical (unpaired) electrons. The van der Waals surface area contributed by atoms with E-state index in [1.165, 1.54) is 5.56 Å². The molecule has 1 aliphatic heterocycles. The fourth-order valence-corrected chi connectivity index (χ4v) is 2.92. The molecule has 26 heavy (non-hydrogen) atoms. The molecule has 0 aromatic heterocycles. The zero-order valence-corrected chi connectivity index (χ0v) is 19.1. The Morgan fingerprint density at radius 1 is 1.04 bits per heavy atom. The number of halogens is 1. The number of rotatable bonds is 7. The van der Waals surface area contributed by atoms with Crippen LogP contribution in [0.2, 0.25) is 0 Å². The summed E-state index contributed by atoms with van der Waals surface area (Å²) < 4.78 is 0. The first-order chi connectivity index (χ1) is 12.1. The molecular formula is C20H36IN5. The fourth-order valence-electron chi connectivity index (χ4n) is 2.92. The van der Waals surface area contributed by atoms with Gasteiger partial charge >= 0.3 is 0 Å². The van der Waals surface area contributed by atoms with Crippen molar-refractivity contribution in [1.82, 2.24) is 20.4 Å². The topological polar surface area (TPSA) is 42.9 Å². The van der Waals surface area contributed by atoms with Gasteiger partial charge in [0.15, 0.2) is 5.96 Å². The van der Waals surface area contributed by atoms with E-state index in [2.05, 4.69) is 76.5 Å². The van der Waals surface area contributed by atoms with E-state index < -0.39 is 0 Å². The number of hydrogen-bond acceptors (Lipinski definition) is 3. The van der Waals surface area contributed by atoms with Crippen LogP contribution in [0, 0.1) is 5.92 Å². The Hall–Kier alpha value is -0.860. The molecule has 1 saturated heterocycles. The first-order valence-corrected chi connectivity index (χ1v) is 9.54. The third kappa shape index (κ3) is 8.22. The maximum absolute atomic E-state index is 4.32. The van der Waals surface area contributed by atoms with E-state index in [9.17, 15) is 0 Å². The molecule has 0 aliphatic carbocycles. The van der Waals surface area contributed by atoms with Gasteiger partial charge in [-0.2, -0.15) is 0 Å². The van der Waals surface area contributed by atoms with Gasteiger partial charge in [0.25, 0.3) is 0 Å². The summed E-state index contributed by atoms with van der Waals surface area (Å²) >= 11 is 0. The summed E-state index contributed by atoms with van der Waals surface area (Å²) in [5.41, 5.74) is 1.41. The Bertz CT molecular complexity index is 512. The van der Waals surface area contributed by atoms with Gasteiger partial charge in [-0.15, -0.1) is 24.0 Å². The summed E-state index contributed by atoms with van der Waals surface area (Å²) in [6.07, 6.45) is 0. The quantitative estimate of drug-likeness (QED) is 0.363. The van der Waals surface area contributed by atoms with Crippen molar-refractivity contribution in [2.75, 3.05) is 46.3 Å². The molecule has 1 atom stereocenters. The molecule has 1 aliphatic rings. The summed E-state index contributed by atoms with van der Waals surface area (Å²) in [6, 6.07) is 11.2. The number of nitrogens with zero attached hydrogens (tertiary/aromatic N) is 3. The second-order valence-corrected chi connectivity index (χ2v) is 7.28. The maximum Gasteiger partial charge on any atom is 0.191 e. The predicted molar refractivity (Wildman–Crippen MR) is 122 cm³/mol. The van der Waals surface area contributed by atoms with Crippen molar-refractivity contribution in [2.24, 2.45) is 10.9 Å². The van der Waals surface area contributed by atoms with Crippen LogP contribution < -0.4 is 10.6 Å². The molecule has 5 nitrogen and oxygen atoms in total. The highest BCUT2D eigenvalue weighted by molar-refractivity contribution is 14.0. The molecule has 2 N–H and O–H groups in total. The zero-order valence-electron chi connectivity index (χ0n) is 16.7. The molecule has 0 saturated carbocycles. The molecule has 1 aromatic rings. The van der Waals surface area contributed by atoms with Crippen LogP contribution >= 0.6 is 24.0 Å². The third-order valence-electron chi connectivity index (χ3n) is 5.02. The van der Waals surface area contributed by atoms with Gasteiger partial charge in [0, 0.05) is 58.9 Å². The molecule has 0 spiro atoms. The lowest BCUT2D eigenvalue weighted by atomic mass is 10.1. The van der Waals surface area contributed by atoms with Gasteiger partial charge in [0.1, 0.15) is 0 Å². The van der Waals surface area contributed by atoms with Crippen molar-refractivity contribution >= 4 is 29.9 Å². The molecule has 1 aromatic carbocycles. The Morgan fingerprint density at radius 3 is 2.23 bits per heavy atom.